The first kappa shape index (κ1) is 13.5. The summed E-state index contributed by atoms with van der Waals surface area (Å²) in [6.45, 7) is 4.08. The summed E-state index contributed by atoms with van der Waals surface area (Å²) in [6, 6.07) is 9.97. The van der Waals surface area contributed by atoms with Crippen molar-refractivity contribution in [3.63, 3.8) is 0 Å². The van der Waals surface area contributed by atoms with Crippen LogP contribution in [0, 0.1) is 17.4 Å². The van der Waals surface area contributed by atoms with E-state index in [4.69, 9.17) is 0 Å². The lowest BCUT2D eigenvalue weighted by Gasteiger charge is -2.15. The largest absolute Gasteiger partial charge is 0.388 e. The van der Waals surface area contributed by atoms with Crippen LogP contribution in [0.2, 0.25) is 0 Å². The molecular weight excluding hydrogens is 337 g/mol. The van der Waals surface area contributed by atoms with Crippen LogP contribution < -0.4 is 0 Å². The summed E-state index contributed by atoms with van der Waals surface area (Å²) in [5.41, 5.74) is 4.27. The van der Waals surface area contributed by atoms with Crippen LogP contribution in [0.15, 0.2) is 36.5 Å². The van der Waals surface area contributed by atoms with Crippen molar-refractivity contribution in [1.29, 1.82) is 0 Å². The number of nitrogens with zero attached hydrogens (tertiary/aromatic N) is 1. The fraction of sp³-hybridized carbons (Fsp3) is 0.267. The van der Waals surface area contributed by atoms with E-state index in [2.05, 4.69) is 40.6 Å². The summed E-state index contributed by atoms with van der Waals surface area (Å²) >= 11 is 2.29. The number of aryl methyl sites for hydroxylation is 2. The number of aromatic nitrogens is 1. The van der Waals surface area contributed by atoms with E-state index in [1.54, 1.807) is 6.20 Å². The van der Waals surface area contributed by atoms with Gasteiger partial charge in [-0.25, -0.2) is 0 Å². The lowest BCUT2D eigenvalue weighted by Crippen LogP contribution is -2.07. The van der Waals surface area contributed by atoms with Crippen LogP contribution in [-0.2, 0) is 6.42 Å². The summed E-state index contributed by atoms with van der Waals surface area (Å²) in [6.07, 6.45) is 1.84. The monoisotopic (exact) mass is 353 g/mol. The Bertz CT molecular complexity index is 554. The molecule has 0 saturated carbocycles. The zero-order valence-corrected chi connectivity index (χ0v) is 12.7. The highest BCUT2D eigenvalue weighted by molar-refractivity contribution is 14.1. The second kappa shape index (κ2) is 5.80. The maximum Gasteiger partial charge on any atom is 0.0855 e. The summed E-state index contributed by atoms with van der Waals surface area (Å²) in [7, 11) is 0. The van der Waals surface area contributed by atoms with Gasteiger partial charge in [-0.15, -0.1) is 0 Å². The van der Waals surface area contributed by atoms with E-state index in [9.17, 15) is 5.11 Å². The highest BCUT2D eigenvalue weighted by Crippen LogP contribution is 2.25. The molecule has 1 atom stereocenters. The van der Waals surface area contributed by atoms with Crippen LogP contribution in [-0.4, -0.2) is 10.1 Å². The maximum atomic E-state index is 10.4. The molecule has 94 valence electrons. The van der Waals surface area contributed by atoms with Gasteiger partial charge in [0, 0.05) is 21.9 Å². The van der Waals surface area contributed by atoms with Crippen LogP contribution in [0.4, 0.5) is 0 Å². The van der Waals surface area contributed by atoms with Crippen LogP contribution in [0.3, 0.4) is 0 Å². The molecule has 0 aliphatic heterocycles. The Hall–Kier alpha value is -0.940. The third-order valence-corrected chi connectivity index (χ3v) is 4.56. The molecule has 0 fully saturated rings. The molecule has 1 heterocycles. The molecule has 0 saturated heterocycles. The van der Waals surface area contributed by atoms with E-state index in [1.165, 1.54) is 5.56 Å². The van der Waals surface area contributed by atoms with E-state index in [1.807, 2.05) is 31.2 Å². The predicted octanol–water partition coefficient (Wildman–Crippen LogP) is 3.58. The zero-order valence-electron chi connectivity index (χ0n) is 10.5. The van der Waals surface area contributed by atoms with Crippen molar-refractivity contribution >= 4 is 22.6 Å². The van der Waals surface area contributed by atoms with E-state index in [0.29, 0.717) is 6.42 Å². The number of aliphatic hydroxyl groups is 1. The SMILES string of the molecule is Cc1cccnc1CC(O)c1cccc(C)c1I. The van der Waals surface area contributed by atoms with Crippen LogP contribution >= 0.6 is 22.6 Å². The summed E-state index contributed by atoms with van der Waals surface area (Å²) < 4.78 is 1.14. The Labute approximate surface area is 121 Å². The number of benzene rings is 1. The van der Waals surface area contributed by atoms with Crippen LogP contribution in [0.1, 0.15) is 28.5 Å². The first-order valence-electron chi connectivity index (χ1n) is 5.93. The van der Waals surface area contributed by atoms with Crippen LogP contribution in [0.5, 0.6) is 0 Å². The van der Waals surface area contributed by atoms with Crippen molar-refractivity contribution in [2.45, 2.75) is 26.4 Å². The van der Waals surface area contributed by atoms with Crippen molar-refractivity contribution in [3.8, 4) is 0 Å². The Morgan fingerprint density at radius 3 is 2.61 bits per heavy atom. The van der Waals surface area contributed by atoms with Gasteiger partial charge in [-0.2, -0.15) is 0 Å². The molecule has 0 radical (unpaired) electrons. The van der Waals surface area contributed by atoms with Gasteiger partial charge >= 0.3 is 0 Å². The van der Waals surface area contributed by atoms with Gasteiger partial charge in [0.1, 0.15) is 0 Å². The second-order valence-corrected chi connectivity index (χ2v) is 5.54. The first-order chi connectivity index (χ1) is 8.59. The van der Waals surface area contributed by atoms with Gasteiger partial charge in [0.25, 0.3) is 0 Å². The van der Waals surface area contributed by atoms with Crippen molar-refractivity contribution < 1.29 is 5.11 Å². The average molecular weight is 353 g/mol. The van der Waals surface area contributed by atoms with Gasteiger partial charge in [-0.1, -0.05) is 24.3 Å². The predicted molar refractivity (Wildman–Crippen MR) is 81.5 cm³/mol. The minimum Gasteiger partial charge on any atom is -0.388 e. The number of pyridine rings is 1. The number of rotatable bonds is 3. The summed E-state index contributed by atoms with van der Waals surface area (Å²) in [5.74, 6) is 0. The molecule has 0 bridgehead atoms. The third-order valence-electron chi connectivity index (χ3n) is 3.09. The quantitative estimate of drug-likeness (QED) is 0.856. The fourth-order valence-electron chi connectivity index (χ4n) is 1.95. The van der Waals surface area contributed by atoms with Gasteiger partial charge in [0.05, 0.1) is 6.10 Å². The number of aliphatic hydroxyl groups excluding tert-OH is 1. The topological polar surface area (TPSA) is 33.1 Å². The Morgan fingerprint density at radius 2 is 1.89 bits per heavy atom. The van der Waals surface area contributed by atoms with Crippen molar-refractivity contribution in [3.05, 3.63) is 62.5 Å². The Morgan fingerprint density at radius 1 is 1.17 bits per heavy atom. The molecule has 2 aromatic rings. The highest BCUT2D eigenvalue weighted by atomic mass is 127. The minimum absolute atomic E-state index is 0.495. The Balaban J connectivity index is 2.25. The molecule has 1 aromatic heterocycles. The molecule has 0 amide bonds. The standard InChI is InChI=1S/C15H16INO/c1-10-6-4-8-17-13(10)9-14(18)12-7-3-5-11(2)15(12)16/h3-8,14,18H,9H2,1-2H3. The van der Waals surface area contributed by atoms with Crippen molar-refractivity contribution in [2.24, 2.45) is 0 Å². The Kier molecular flexibility index (Phi) is 4.35. The second-order valence-electron chi connectivity index (χ2n) is 4.47. The first-order valence-corrected chi connectivity index (χ1v) is 7.01. The molecule has 0 aliphatic carbocycles. The number of halogens is 1. The van der Waals surface area contributed by atoms with E-state index in [0.717, 1.165) is 20.4 Å². The van der Waals surface area contributed by atoms with E-state index >= 15 is 0 Å². The van der Waals surface area contributed by atoms with Gasteiger partial charge in [-0.05, 0) is 59.2 Å². The molecule has 0 aliphatic rings. The molecule has 2 rings (SSSR count). The van der Waals surface area contributed by atoms with E-state index < -0.39 is 6.10 Å². The zero-order chi connectivity index (χ0) is 13.1. The molecule has 1 N–H and O–H groups in total. The number of hydrogen-bond donors (Lipinski definition) is 1. The number of hydrogen-bond acceptors (Lipinski definition) is 2. The average Bonchev–Trinajstić information content (AvgIpc) is 2.35. The lowest BCUT2D eigenvalue weighted by atomic mass is 10.0. The maximum absolute atomic E-state index is 10.4. The smallest absolute Gasteiger partial charge is 0.0855 e. The summed E-state index contributed by atoms with van der Waals surface area (Å²) in [5, 5.41) is 10.4. The molecule has 18 heavy (non-hydrogen) atoms. The minimum atomic E-state index is -0.495. The molecule has 3 heteroatoms. The molecule has 2 nitrogen and oxygen atoms in total. The van der Waals surface area contributed by atoms with Crippen molar-refractivity contribution in [2.75, 3.05) is 0 Å². The lowest BCUT2D eigenvalue weighted by molar-refractivity contribution is 0.176. The summed E-state index contributed by atoms with van der Waals surface area (Å²) in [4.78, 5) is 4.33. The molecule has 1 unspecified atom stereocenters. The van der Waals surface area contributed by atoms with Gasteiger partial charge in [-0.3, -0.25) is 4.98 Å². The third kappa shape index (κ3) is 2.90. The highest BCUT2D eigenvalue weighted by Gasteiger charge is 2.14. The van der Waals surface area contributed by atoms with Gasteiger partial charge in [0.15, 0.2) is 0 Å². The van der Waals surface area contributed by atoms with Gasteiger partial charge < -0.3 is 5.11 Å². The van der Waals surface area contributed by atoms with Crippen molar-refractivity contribution in [1.82, 2.24) is 4.98 Å². The molecule has 1 aromatic carbocycles. The van der Waals surface area contributed by atoms with Gasteiger partial charge in [0.2, 0.25) is 0 Å². The molecule has 0 spiro atoms. The molecular formula is C15H16INO. The normalized spacial score (nSPS) is 12.4. The van der Waals surface area contributed by atoms with E-state index in [-0.39, 0.29) is 0 Å². The van der Waals surface area contributed by atoms with Crippen LogP contribution in [0.25, 0.3) is 0 Å². The fourth-order valence-corrected chi connectivity index (χ4v) is 2.67.